The second-order valence-corrected chi connectivity index (χ2v) is 10.3. The second kappa shape index (κ2) is 14.9. The molecule has 0 aliphatic rings. The Morgan fingerprint density at radius 3 is 2.63 bits per heavy atom. The zero-order valence-corrected chi connectivity index (χ0v) is 23.9. The maximum absolute atomic E-state index is 11.6. The van der Waals surface area contributed by atoms with Crippen LogP contribution in [-0.2, 0) is 13.0 Å². The quantitative estimate of drug-likeness (QED) is 0.156. The van der Waals surface area contributed by atoms with Gasteiger partial charge in [-0.3, -0.25) is 4.99 Å². The van der Waals surface area contributed by atoms with E-state index < -0.39 is 5.97 Å². The van der Waals surface area contributed by atoms with Gasteiger partial charge in [-0.15, -0.1) is 0 Å². The number of hydrogen-bond donors (Lipinski definition) is 2. The van der Waals surface area contributed by atoms with Crippen molar-refractivity contribution in [3.63, 3.8) is 0 Å². The lowest BCUT2D eigenvalue weighted by Crippen LogP contribution is -2.31. The van der Waals surface area contributed by atoms with Crippen LogP contribution in [0.4, 0.5) is 11.4 Å². The number of halogens is 2. The molecule has 0 aliphatic heterocycles. The third kappa shape index (κ3) is 8.59. The first-order chi connectivity index (χ1) is 18.3. The highest BCUT2D eigenvalue weighted by molar-refractivity contribution is 6.35. The molecular formula is C31H37Cl2N3O2. The molecule has 2 N–H and O–H groups in total. The molecule has 0 saturated carbocycles. The molecule has 7 heteroatoms. The first-order valence-corrected chi connectivity index (χ1v) is 14.0. The molecular weight excluding hydrogens is 517 g/mol. The maximum Gasteiger partial charge on any atom is 0.335 e. The van der Waals surface area contributed by atoms with Gasteiger partial charge in [-0.2, -0.15) is 0 Å². The lowest BCUT2D eigenvalue weighted by Gasteiger charge is -2.30. The molecule has 0 amide bonds. The van der Waals surface area contributed by atoms with Crippen LogP contribution < -0.4 is 10.2 Å². The Labute approximate surface area is 236 Å². The maximum atomic E-state index is 11.6. The van der Waals surface area contributed by atoms with Gasteiger partial charge in [0.05, 0.1) is 16.9 Å². The van der Waals surface area contributed by atoms with Crippen LogP contribution >= 0.6 is 23.2 Å². The van der Waals surface area contributed by atoms with Crippen molar-refractivity contribution in [1.29, 1.82) is 0 Å². The minimum Gasteiger partial charge on any atom is -0.478 e. The number of nitrogens with zero attached hydrogens (tertiary/aromatic N) is 2. The molecule has 0 aliphatic carbocycles. The number of carbonyl (C=O) groups is 1. The monoisotopic (exact) mass is 553 g/mol. The number of rotatable bonds is 14. The number of nitrogens with one attached hydrogen (secondary N) is 1. The molecule has 0 aromatic heterocycles. The highest BCUT2D eigenvalue weighted by Gasteiger charge is 2.17. The van der Waals surface area contributed by atoms with Crippen LogP contribution in [0.2, 0.25) is 10.0 Å². The van der Waals surface area contributed by atoms with E-state index >= 15 is 0 Å². The van der Waals surface area contributed by atoms with Gasteiger partial charge in [-0.05, 0) is 78.9 Å². The number of aromatic carboxylic acids is 1. The van der Waals surface area contributed by atoms with Crippen molar-refractivity contribution in [1.82, 2.24) is 5.32 Å². The van der Waals surface area contributed by atoms with Crippen LogP contribution in [-0.4, -0.2) is 36.9 Å². The summed E-state index contributed by atoms with van der Waals surface area (Å²) < 4.78 is 0. The fourth-order valence-electron chi connectivity index (χ4n) is 4.47. The van der Waals surface area contributed by atoms with Crippen LogP contribution in [0.5, 0.6) is 0 Å². The molecule has 0 bridgehead atoms. The largest absolute Gasteiger partial charge is 0.478 e. The molecule has 0 saturated heterocycles. The third-order valence-corrected chi connectivity index (χ3v) is 7.32. The summed E-state index contributed by atoms with van der Waals surface area (Å²) in [6.45, 7) is 5.89. The standard InChI is InChI=1S/C31H37Cl2N3O2/c1-4-6-10-27(5-2)36(3)30-14-12-25(31(37)38)18-29(30)35-21-23-9-7-8-22(17-23)20-34-16-15-24-11-13-26(32)19-28(24)33/h7-9,11-14,17-19,21,27,34H,4-6,10,15-16,20H2,1-3H3,(H,37,38). The number of anilines is 1. The number of unbranched alkanes of at least 4 members (excludes halogenated alkanes) is 1. The first kappa shape index (κ1) is 29.7. The third-order valence-electron chi connectivity index (χ3n) is 6.73. The van der Waals surface area contributed by atoms with Gasteiger partial charge in [-0.1, -0.05) is 74.2 Å². The molecule has 1 unspecified atom stereocenters. The number of carboxylic acids is 1. The number of carboxylic acid groups (broad SMARTS) is 1. The van der Waals surface area contributed by atoms with Crippen LogP contribution in [0.25, 0.3) is 0 Å². The van der Waals surface area contributed by atoms with E-state index in [-0.39, 0.29) is 5.56 Å². The van der Waals surface area contributed by atoms with Gasteiger partial charge in [0, 0.05) is 35.9 Å². The normalized spacial score (nSPS) is 12.1. The van der Waals surface area contributed by atoms with Gasteiger partial charge in [0.1, 0.15) is 0 Å². The summed E-state index contributed by atoms with van der Waals surface area (Å²) >= 11 is 12.3. The van der Waals surface area contributed by atoms with Crippen molar-refractivity contribution >= 4 is 46.8 Å². The summed E-state index contributed by atoms with van der Waals surface area (Å²) in [6.07, 6.45) is 7.02. The summed E-state index contributed by atoms with van der Waals surface area (Å²) in [4.78, 5) is 18.6. The molecule has 3 aromatic carbocycles. The fraction of sp³-hybridized carbons (Fsp3) is 0.355. The molecule has 202 valence electrons. The SMILES string of the molecule is CCCCC(CC)N(C)c1ccc(C(=O)O)cc1N=Cc1cccc(CNCCc2ccc(Cl)cc2Cl)c1. The van der Waals surface area contributed by atoms with Crippen molar-refractivity contribution < 1.29 is 9.90 Å². The summed E-state index contributed by atoms with van der Waals surface area (Å²) in [5, 5.41) is 14.3. The van der Waals surface area contributed by atoms with Crippen molar-refractivity contribution in [2.45, 2.75) is 58.5 Å². The van der Waals surface area contributed by atoms with Crippen LogP contribution in [0, 0.1) is 0 Å². The molecule has 0 heterocycles. The molecule has 0 radical (unpaired) electrons. The van der Waals surface area contributed by atoms with Gasteiger partial charge in [0.2, 0.25) is 0 Å². The van der Waals surface area contributed by atoms with Crippen LogP contribution in [0.15, 0.2) is 65.7 Å². The first-order valence-electron chi connectivity index (χ1n) is 13.2. The Balaban J connectivity index is 1.71. The Bertz CT molecular complexity index is 1250. The highest BCUT2D eigenvalue weighted by Crippen LogP contribution is 2.32. The molecule has 38 heavy (non-hydrogen) atoms. The van der Waals surface area contributed by atoms with E-state index in [0.29, 0.717) is 28.3 Å². The highest BCUT2D eigenvalue weighted by atomic mass is 35.5. The van der Waals surface area contributed by atoms with E-state index in [9.17, 15) is 9.90 Å². The molecule has 3 rings (SSSR count). The predicted octanol–water partition coefficient (Wildman–Crippen LogP) is 8.18. The molecule has 5 nitrogen and oxygen atoms in total. The van der Waals surface area contributed by atoms with Gasteiger partial charge in [0.15, 0.2) is 0 Å². The van der Waals surface area contributed by atoms with Gasteiger partial charge in [-0.25, -0.2) is 4.79 Å². The van der Waals surface area contributed by atoms with Gasteiger partial charge < -0.3 is 15.3 Å². The lowest BCUT2D eigenvalue weighted by atomic mass is 10.0. The van der Waals surface area contributed by atoms with Crippen molar-refractivity contribution in [3.8, 4) is 0 Å². The van der Waals surface area contributed by atoms with E-state index in [4.69, 9.17) is 28.2 Å². The minimum atomic E-state index is -0.957. The lowest BCUT2D eigenvalue weighted by molar-refractivity contribution is 0.0697. The average Bonchev–Trinajstić information content (AvgIpc) is 2.91. The molecule has 0 spiro atoms. The topological polar surface area (TPSA) is 64.9 Å². The van der Waals surface area contributed by atoms with Gasteiger partial charge >= 0.3 is 5.97 Å². The number of benzene rings is 3. The Kier molecular flexibility index (Phi) is 11.7. The summed E-state index contributed by atoms with van der Waals surface area (Å²) in [5.41, 5.74) is 4.98. The summed E-state index contributed by atoms with van der Waals surface area (Å²) in [5.74, 6) is -0.957. The number of hydrogen-bond acceptors (Lipinski definition) is 4. The van der Waals surface area contributed by atoms with E-state index in [1.54, 1.807) is 18.2 Å². The van der Waals surface area contributed by atoms with Crippen molar-refractivity contribution in [2.75, 3.05) is 18.5 Å². The Morgan fingerprint density at radius 2 is 1.92 bits per heavy atom. The Morgan fingerprint density at radius 1 is 1.11 bits per heavy atom. The summed E-state index contributed by atoms with van der Waals surface area (Å²) in [7, 11) is 2.07. The van der Waals surface area contributed by atoms with E-state index in [2.05, 4.69) is 43.2 Å². The molecule has 0 fully saturated rings. The zero-order chi connectivity index (χ0) is 27.5. The zero-order valence-electron chi connectivity index (χ0n) is 22.4. The van der Waals surface area contributed by atoms with E-state index in [0.717, 1.165) is 61.0 Å². The van der Waals surface area contributed by atoms with Crippen LogP contribution in [0.1, 0.15) is 66.6 Å². The molecule has 1 atom stereocenters. The second-order valence-electron chi connectivity index (χ2n) is 9.49. The fourth-order valence-corrected chi connectivity index (χ4v) is 4.98. The predicted molar refractivity (Wildman–Crippen MR) is 161 cm³/mol. The summed E-state index contributed by atoms with van der Waals surface area (Å²) in [6, 6.07) is 19.3. The smallest absolute Gasteiger partial charge is 0.335 e. The minimum absolute atomic E-state index is 0.231. The van der Waals surface area contributed by atoms with E-state index in [1.165, 1.54) is 0 Å². The number of aliphatic imine (C=N–C) groups is 1. The average molecular weight is 555 g/mol. The van der Waals surface area contributed by atoms with Crippen molar-refractivity contribution in [3.05, 3.63) is 93.0 Å². The molecule has 3 aromatic rings. The van der Waals surface area contributed by atoms with Crippen LogP contribution in [0.3, 0.4) is 0 Å². The Hall–Kier alpha value is -2.86. The van der Waals surface area contributed by atoms with Gasteiger partial charge in [0.25, 0.3) is 0 Å². The van der Waals surface area contributed by atoms with Crippen molar-refractivity contribution in [2.24, 2.45) is 4.99 Å². The van der Waals surface area contributed by atoms with E-state index in [1.807, 2.05) is 36.5 Å².